The molecule has 0 radical (unpaired) electrons. The molecule has 1 aromatic carbocycles. The first-order valence-corrected chi connectivity index (χ1v) is 7.82. The maximum Gasteiger partial charge on any atom is 0.207 e. The first-order valence-electron chi connectivity index (χ1n) is 7.44. The summed E-state index contributed by atoms with van der Waals surface area (Å²) >= 11 is 6.10. The summed E-state index contributed by atoms with van der Waals surface area (Å²) in [5, 5.41) is 0.173. The van der Waals surface area contributed by atoms with E-state index in [1.165, 1.54) is 13.2 Å². The van der Waals surface area contributed by atoms with Crippen LogP contribution in [0.5, 0.6) is 17.2 Å². The second kappa shape index (κ2) is 12.7. The predicted octanol–water partition coefficient (Wildman–Crippen LogP) is 2.16. The van der Waals surface area contributed by atoms with Crippen LogP contribution in [-0.2, 0) is 18.9 Å². The van der Waals surface area contributed by atoms with Gasteiger partial charge in [0.05, 0.1) is 44.1 Å². The Balaban J connectivity index is 2.87. The maximum atomic E-state index is 11.3. The van der Waals surface area contributed by atoms with Crippen molar-refractivity contribution in [2.24, 2.45) is 0 Å². The molecule has 0 aliphatic carbocycles. The molecule has 0 amide bonds. The summed E-state index contributed by atoms with van der Waals surface area (Å²) < 4.78 is 36.6. The van der Waals surface area contributed by atoms with Crippen molar-refractivity contribution in [1.29, 1.82) is 0 Å². The summed E-state index contributed by atoms with van der Waals surface area (Å²) in [6.07, 6.45) is 0.582. The van der Waals surface area contributed by atoms with Crippen LogP contribution in [0, 0.1) is 0 Å². The Hall–Kier alpha value is -1.58. The van der Waals surface area contributed by atoms with Gasteiger partial charge in [0.1, 0.15) is 0 Å². The highest BCUT2D eigenvalue weighted by Gasteiger charge is 2.21. The van der Waals surface area contributed by atoms with Crippen molar-refractivity contribution in [2.45, 2.75) is 0 Å². The van der Waals surface area contributed by atoms with Crippen LogP contribution < -0.4 is 14.2 Å². The maximum absolute atomic E-state index is 11.3. The van der Waals surface area contributed by atoms with Crippen LogP contribution >= 0.6 is 11.6 Å². The second-order valence-corrected chi connectivity index (χ2v) is 4.98. The van der Waals surface area contributed by atoms with Gasteiger partial charge in [-0.25, -0.2) is 0 Å². The van der Waals surface area contributed by atoms with Gasteiger partial charge >= 0.3 is 0 Å². The molecule has 0 saturated carbocycles. The lowest BCUT2D eigenvalue weighted by molar-refractivity contribution is -0.0215. The number of carbonyl (C=O) groups is 1. The van der Waals surface area contributed by atoms with E-state index in [4.69, 9.17) is 44.8 Å². The molecule has 1 aromatic rings. The van der Waals surface area contributed by atoms with Gasteiger partial charge in [-0.1, -0.05) is 11.6 Å². The van der Waals surface area contributed by atoms with Crippen molar-refractivity contribution in [2.75, 3.05) is 61.3 Å². The Morgan fingerprint density at radius 1 is 0.920 bits per heavy atom. The van der Waals surface area contributed by atoms with E-state index in [1.807, 2.05) is 0 Å². The third kappa shape index (κ3) is 7.05. The number of carbonyl (C=O) groups excluding carboxylic acids is 1. The van der Waals surface area contributed by atoms with Crippen LogP contribution in [0.15, 0.2) is 6.07 Å². The molecule has 1 rings (SSSR count). The molecule has 9 heteroatoms. The van der Waals surface area contributed by atoms with Gasteiger partial charge in [0.2, 0.25) is 5.75 Å². The molecule has 0 unspecified atom stereocenters. The number of rotatable bonds is 14. The van der Waals surface area contributed by atoms with Crippen molar-refractivity contribution in [3.05, 3.63) is 16.7 Å². The van der Waals surface area contributed by atoms with Crippen molar-refractivity contribution in [1.82, 2.24) is 0 Å². The van der Waals surface area contributed by atoms with Crippen molar-refractivity contribution in [3.8, 4) is 17.2 Å². The molecule has 8 nitrogen and oxygen atoms in total. The average molecular weight is 379 g/mol. The highest BCUT2D eigenvalue weighted by molar-refractivity contribution is 6.33. The van der Waals surface area contributed by atoms with Gasteiger partial charge in [-0.3, -0.25) is 4.79 Å². The van der Waals surface area contributed by atoms with Gasteiger partial charge in [-0.05, 0) is 0 Å². The van der Waals surface area contributed by atoms with E-state index < -0.39 is 0 Å². The van der Waals surface area contributed by atoms with Gasteiger partial charge in [0, 0.05) is 20.3 Å². The average Bonchev–Trinajstić information content (AvgIpc) is 2.62. The molecule has 0 aliphatic heterocycles. The van der Waals surface area contributed by atoms with Crippen LogP contribution in [0.2, 0.25) is 5.02 Å². The van der Waals surface area contributed by atoms with Crippen molar-refractivity contribution >= 4 is 17.9 Å². The van der Waals surface area contributed by atoms with Crippen molar-refractivity contribution < 1.29 is 38.0 Å². The minimum Gasteiger partial charge on any atom is -0.492 e. The van der Waals surface area contributed by atoms with Gasteiger partial charge in [-0.2, -0.15) is 0 Å². The minimum absolute atomic E-state index is 0.0514. The summed E-state index contributed by atoms with van der Waals surface area (Å²) in [5.74, 6) is 0.617. The first-order chi connectivity index (χ1) is 12.2. The molecule has 0 aliphatic rings. The number of methoxy groups -OCH3 is 3. The Morgan fingerprint density at radius 2 is 1.52 bits per heavy atom. The molecule has 25 heavy (non-hydrogen) atoms. The highest BCUT2D eigenvalue weighted by atomic mass is 35.5. The number of benzene rings is 1. The summed E-state index contributed by atoms with van der Waals surface area (Å²) in [6, 6.07) is 1.46. The lowest BCUT2D eigenvalue weighted by Crippen LogP contribution is -2.12. The number of ether oxygens (including phenoxy) is 7. The molecule has 0 N–H and O–H groups in total. The molecule has 0 saturated heterocycles. The number of halogens is 1. The Bertz CT molecular complexity index is 523. The molecular formula is C16H23ClO8. The minimum atomic E-state index is -0.0828. The van der Waals surface area contributed by atoms with Crippen molar-refractivity contribution in [3.63, 3.8) is 0 Å². The molecule has 0 bridgehead atoms. The van der Waals surface area contributed by atoms with E-state index in [9.17, 15) is 4.79 Å². The fourth-order valence-corrected chi connectivity index (χ4v) is 1.99. The molecular weight excluding hydrogens is 356 g/mol. The topological polar surface area (TPSA) is 81.7 Å². The van der Waals surface area contributed by atoms with E-state index in [0.717, 1.165) is 0 Å². The summed E-state index contributed by atoms with van der Waals surface area (Å²) in [7, 11) is 4.54. The Kier molecular flexibility index (Phi) is 10.9. The standard InChI is InChI=1S/C16H23ClO8/c1-19-4-6-22-10-24-14-8-13(17)12(9-18)15(21-3)16(14)25-11-23-7-5-20-2/h8-9H,4-7,10-11H2,1-3H3. The van der Waals surface area contributed by atoms with Gasteiger partial charge in [0.15, 0.2) is 31.4 Å². The molecule has 0 heterocycles. The largest absolute Gasteiger partial charge is 0.492 e. The van der Waals surface area contributed by atoms with Crippen LogP contribution in [0.4, 0.5) is 0 Å². The zero-order valence-electron chi connectivity index (χ0n) is 14.5. The van der Waals surface area contributed by atoms with Gasteiger partial charge < -0.3 is 33.2 Å². The van der Waals surface area contributed by atoms with Gasteiger partial charge in [0.25, 0.3) is 0 Å². The third-order valence-corrected chi connectivity index (χ3v) is 3.27. The molecule has 0 aromatic heterocycles. The van der Waals surface area contributed by atoms with E-state index in [0.29, 0.717) is 32.7 Å². The molecule has 0 spiro atoms. The Morgan fingerprint density at radius 3 is 2.04 bits per heavy atom. The number of aldehydes is 1. The van der Waals surface area contributed by atoms with Crippen LogP contribution in [0.1, 0.15) is 10.4 Å². The van der Waals surface area contributed by atoms with E-state index >= 15 is 0 Å². The van der Waals surface area contributed by atoms with Crippen LogP contribution in [0.3, 0.4) is 0 Å². The van der Waals surface area contributed by atoms with E-state index in [2.05, 4.69) is 0 Å². The zero-order chi connectivity index (χ0) is 18.5. The molecule has 0 fully saturated rings. The number of hydrogen-bond donors (Lipinski definition) is 0. The fourth-order valence-electron chi connectivity index (χ4n) is 1.77. The smallest absolute Gasteiger partial charge is 0.207 e. The highest BCUT2D eigenvalue weighted by Crippen LogP contribution is 2.43. The van der Waals surface area contributed by atoms with E-state index in [-0.39, 0.29) is 41.4 Å². The second-order valence-electron chi connectivity index (χ2n) is 4.58. The quantitative estimate of drug-likeness (QED) is 0.277. The van der Waals surface area contributed by atoms with Crippen LogP contribution in [0.25, 0.3) is 0 Å². The fraction of sp³-hybridized carbons (Fsp3) is 0.562. The zero-order valence-corrected chi connectivity index (χ0v) is 15.3. The molecule has 142 valence electrons. The van der Waals surface area contributed by atoms with E-state index in [1.54, 1.807) is 14.2 Å². The SMILES string of the molecule is COCCOCOc1cc(Cl)c(C=O)c(OC)c1OCOCCOC. The van der Waals surface area contributed by atoms with Crippen LogP contribution in [-0.4, -0.2) is 67.6 Å². The predicted molar refractivity (Wildman–Crippen MR) is 90.0 cm³/mol. The molecule has 0 atom stereocenters. The lowest BCUT2D eigenvalue weighted by atomic mass is 10.2. The van der Waals surface area contributed by atoms with Gasteiger partial charge in [-0.15, -0.1) is 0 Å². The summed E-state index contributed by atoms with van der Waals surface area (Å²) in [5.41, 5.74) is 0.156. The normalized spacial score (nSPS) is 10.6. The monoisotopic (exact) mass is 378 g/mol. The third-order valence-electron chi connectivity index (χ3n) is 2.96. The summed E-state index contributed by atoms with van der Waals surface area (Å²) in [4.78, 5) is 11.3. The first kappa shape index (κ1) is 21.5. The number of hydrogen-bond acceptors (Lipinski definition) is 8. The summed E-state index contributed by atoms with van der Waals surface area (Å²) in [6.45, 7) is 1.45. The lowest BCUT2D eigenvalue weighted by Gasteiger charge is -2.18. The Labute approximate surface area is 151 Å².